The normalized spacial score (nSPS) is 16.7. The van der Waals surface area contributed by atoms with Crippen LogP contribution in [0.25, 0.3) is 0 Å². The lowest BCUT2D eigenvalue weighted by molar-refractivity contribution is -0.125. The fourth-order valence-corrected chi connectivity index (χ4v) is 3.84. The molecule has 0 saturated carbocycles. The lowest BCUT2D eigenvalue weighted by Crippen LogP contribution is -2.47. The summed E-state index contributed by atoms with van der Waals surface area (Å²) in [4.78, 5) is 39.3. The summed E-state index contributed by atoms with van der Waals surface area (Å²) in [6.45, 7) is 6.22. The van der Waals surface area contributed by atoms with Gasteiger partial charge in [0.05, 0.1) is 5.92 Å². The van der Waals surface area contributed by atoms with Crippen LogP contribution in [0.1, 0.15) is 37.8 Å². The molecular weight excluding hydrogens is 368 g/mol. The Balaban J connectivity index is 1.69. The molecule has 1 saturated heterocycles. The first kappa shape index (κ1) is 20.9. The summed E-state index contributed by atoms with van der Waals surface area (Å²) in [6, 6.07) is 9.77. The fourth-order valence-electron chi connectivity index (χ4n) is 3.84. The number of hydrogen-bond donors (Lipinski definition) is 1. The van der Waals surface area contributed by atoms with E-state index in [0.717, 1.165) is 35.9 Å². The van der Waals surface area contributed by atoms with Gasteiger partial charge in [-0.3, -0.25) is 18.7 Å². The van der Waals surface area contributed by atoms with Crippen LogP contribution >= 0.6 is 0 Å². The highest BCUT2D eigenvalue weighted by atomic mass is 16.2. The molecule has 0 spiro atoms. The van der Waals surface area contributed by atoms with Gasteiger partial charge in [-0.25, -0.2) is 4.79 Å². The van der Waals surface area contributed by atoms with Crippen molar-refractivity contribution < 1.29 is 4.79 Å². The van der Waals surface area contributed by atoms with Crippen LogP contribution < -0.4 is 21.5 Å². The number of nitrogens with one attached hydrogen (secondary N) is 1. The largest absolute Gasteiger partial charge is 0.357 e. The van der Waals surface area contributed by atoms with Crippen LogP contribution in [0.15, 0.2) is 39.9 Å². The van der Waals surface area contributed by atoms with Gasteiger partial charge < -0.3 is 10.2 Å². The minimum absolute atomic E-state index is 0.0171. The fraction of sp³-hybridized carbons (Fsp3) is 0.500. The van der Waals surface area contributed by atoms with Gasteiger partial charge in [-0.1, -0.05) is 31.2 Å². The molecule has 1 atom stereocenters. The van der Waals surface area contributed by atoms with Gasteiger partial charge in [0.1, 0.15) is 5.82 Å². The number of carbonyl (C=O) groups is 1. The van der Waals surface area contributed by atoms with Crippen LogP contribution in [0, 0.1) is 5.92 Å². The molecule has 1 unspecified atom stereocenters. The van der Waals surface area contributed by atoms with Gasteiger partial charge in [-0.15, -0.1) is 0 Å². The summed E-state index contributed by atoms with van der Waals surface area (Å²) >= 11 is 0. The minimum atomic E-state index is -0.322. The standard InChI is InChI=1S/C22H30N4O3/c1-4-16-8-10-17(11-9-16)14-23-21(28)18-7-6-12-25(15-18)19-13-20(27)24(3)22(29)26(19)5-2/h8-11,13,18H,4-7,12,14-15H2,1-3H3,(H,23,28). The second-order valence-corrected chi connectivity index (χ2v) is 7.60. The third-order valence-corrected chi connectivity index (χ3v) is 5.71. The number of nitrogens with zero attached hydrogens (tertiary/aromatic N) is 3. The van der Waals surface area contributed by atoms with Crippen LogP contribution in [0.4, 0.5) is 5.82 Å². The molecule has 7 nitrogen and oxygen atoms in total. The van der Waals surface area contributed by atoms with Gasteiger partial charge >= 0.3 is 5.69 Å². The van der Waals surface area contributed by atoms with Crippen molar-refractivity contribution in [3.8, 4) is 0 Å². The molecule has 3 rings (SSSR count). The Morgan fingerprint density at radius 1 is 1.14 bits per heavy atom. The van der Waals surface area contributed by atoms with Gasteiger partial charge in [0.15, 0.2) is 0 Å². The number of carbonyl (C=O) groups excluding carboxylic acids is 1. The third kappa shape index (κ3) is 4.60. The molecule has 0 aliphatic carbocycles. The summed E-state index contributed by atoms with van der Waals surface area (Å²) in [5.41, 5.74) is 1.71. The Morgan fingerprint density at radius 2 is 1.83 bits per heavy atom. The molecule has 29 heavy (non-hydrogen) atoms. The molecule has 156 valence electrons. The van der Waals surface area contributed by atoms with Gasteiger partial charge in [-0.2, -0.15) is 0 Å². The molecule has 1 amide bonds. The van der Waals surface area contributed by atoms with Crippen molar-refractivity contribution in [1.29, 1.82) is 0 Å². The van der Waals surface area contributed by atoms with Crippen molar-refractivity contribution in [2.24, 2.45) is 13.0 Å². The zero-order valence-corrected chi connectivity index (χ0v) is 17.5. The predicted molar refractivity (Wildman–Crippen MR) is 114 cm³/mol. The van der Waals surface area contributed by atoms with Gasteiger partial charge in [0.2, 0.25) is 5.91 Å². The van der Waals surface area contributed by atoms with E-state index < -0.39 is 0 Å². The van der Waals surface area contributed by atoms with E-state index in [1.165, 1.54) is 18.7 Å². The first-order valence-corrected chi connectivity index (χ1v) is 10.4. The molecule has 1 fully saturated rings. The average Bonchev–Trinajstić information content (AvgIpc) is 2.76. The Morgan fingerprint density at radius 3 is 2.48 bits per heavy atom. The Hall–Kier alpha value is -2.83. The number of anilines is 1. The van der Waals surface area contributed by atoms with Crippen molar-refractivity contribution in [3.05, 3.63) is 62.3 Å². The van der Waals surface area contributed by atoms with E-state index in [2.05, 4.69) is 24.4 Å². The zero-order valence-electron chi connectivity index (χ0n) is 17.5. The smallest absolute Gasteiger partial charge is 0.332 e. The maximum Gasteiger partial charge on any atom is 0.332 e. The van der Waals surface area contributed by atoms with Crippen LogP contribution in [0.3, 0.4) is 0 Å². The highest BCUT2D eigenvalue weighted by Gasteiger charge is 2.27. The minimum Gasteiger partial charge on any atom is -0.357 e. The molecule has 1 aliphatic heterocycles. The molecule has 0 radical (unpaired) electrons. The van der Waals surface area contributed by atoms with Crippen LogP contribution in [0.5, 0.6) is 0 Å². The van der Waals surface area contributed by atoms with E-state index in [1.807, 2.05) is 24.0 Å². The Labute approximate surface area is 171 Å². The molecule has 1 aliphatic rings. The molecule has 2 heterocycles. The third-order valence-electron chi connectivity index (χ3n) is 5.71. The number of rotatable bonds is 6. The van der Waals surface area contributed by atoms with Crippen LogP contribution in [-0.4, -0.2) is 28.1 Å². The van der Waals surface area contributed by atoms with Crippen molar-refractivity contribution in [2.45, 2.75) is 46.2 Å². The van der Waals surface area contributed by atoms with E-state index in [-0.39, 0.29) is 23.1 Å². The Bertz CT molecular complexity index is 975. The number of amides is 1. The number of piperidine rings is 1. The highest BCUT2D eigenvalue weighted by Crippen LogP contribution is 2.22. The first-order valence-electron chi connectivity index (χ1n) is 10.4. The summed E-state index contributed by atoms with van der Waals surface area (Å²) < 4.78 is 2.71. The van der Waals surface area contributed by atoms with E-state index >= 15 is 0 Å². The van der Waals surface area contributed by atoms with Crippen molar-refractivity contribution in [3.63, 3.8) is 0 Å². The van der Waals surface area contributed by atoms with Gasteiger partial charge in [0.25, 0.3) is 5.56 Å². The van der Waals surface area contributed by atoms with Crippen LogP contribution in [-0.2, 0) is 31.4 Å². The van der Waals surface area contributed by atoms with Gasteiger partial charge in [-0.05, 0) is 37.3 Å². The van der Waals surface area contributed by atoms with E-state index in [9.17, 15) is 14.4 Å². The lowest BCUT2D eigenvalue weighted by atomic mass is 9.97. The quantitative estimate of drug-likeness (QED) is 0.803. The van der Waals surface area contributed by atoms with Crippen molar-refractivity contribution >= 4 is 11.7 Å². The van der Waals surface area contributed by atoms with Crippen LogP contribution in [0.2, 0.25) is 0 Å². The second-order valence-electron chi connectivity index (χ2n) is 7.60. The lowest BCUT2D eigenvalue weighted by Gasteiger charge is -2.34. The molecule has 0 bridgehead atoms. The average molecular weight is 399 g/mol. The SMILES string of the molecule is CCc1ccc(CNC(=O)C2CCCN(c3cc(=O)n(C)c(=O)n3CC)C2)cc1. The van der Waals surface area contributed by atoms with E-state index in [0.29, 0.717) is 25.5 Å². The maximum absolute atomic E-state index is 12.7. The molecule has 1 aromatic heterocycles. The Kier molecular flexibility index (Phi) is 6.56. The molecule has 7 heteroatoms. The monoisotopic (exact) mass is 398 g/mol. The number of aryl methyl sites for hydroxylation is 1. The molecule has 1 aromatic carbocycles. The van der Waals surface area contributed by atoms with E-state index in [1.54, 1.807) is 4.57 Å². The predicted octanol–water partition coefficient (Wildman–Crippen LogP) is 1.66. The summed E-state index contributed by atoms with van der Waals surface area (Å²) in [6.07, 6.45) is 2.64. The maximum atomic E-state index is 12.7. The van der Waals surface area contributed by atoms with E-state index in [4.69, 9.17) is 0 Å². The number of aromatic nitrogens is 2. The number of benzene rings is 1. The molecule has 2 aromatic rings. The highest BCUT2D eigenvalue weighted by molar-refractivity contribution is 5.79. The second kappa shape index (κ2) is 9.11. The van der Waals surface area contributed by atoms with Crippen molar-refractivity contribution in [2.75, 3.05) is 18.0 Å². The molecule has 1 N–H and O–H groups in total. The van der Waals surface area contributed by atoms with Gasteiger partial charge in [0, 0.05) is 39.3 Å². The topological polar surface area (TPSA) is 76.3 Å². The summed E-state index contributed by atoms with van der Waals surface area (Å²) in [5.74, 6) is 0.458. The summed E-state index contributed by atoms with van der Waals surface area (Å²) in [5, 5.41) is 3.04. The summed E-state index contributed by atoms with van der Waals surface area (Å²) in [7, 11) is 1.49. The number of hydrogen-bond acceptors (Lipinski definition) is 4. The van der Waals surface area contributed by atoms with Crippen molar-refractivity contribution in [1.82, 2.24) is 14.5 Å². The molecular formula is C22H30N4O3. The zero-order chi connectivity index (χ0) is 21.0. The first-order chi connectivity index (χ1) is 13.9.